The van der Waals surface area contributed by atoms with Crippen molar-refractivity contribution < 1.29 is 19.0 Å². The van der Waals surface area contributed by atoms with Crippen LogP contribution in [-0.4, -0.2) is 75.8 Å². The van der Waals surface area contributed by atoms with E-state index in [1.165, 1.54) is 0 Å². The number of anilines is 1. The molecular formula is C27H33Cl2N5O4. The number of amides is 1. The van der Waals surface area contributed by atoms with Gasteiger partial charge in [-0.1, -0.05) is 29.3 Å². The quantitative estimate of drug-likeness (QED) is 0.241. The predicted molar refractivity (Wildman–Crippen MR) is 151 cm³/mol. The van der Waals surface area contributed by atoms with Crippen LogP contribution in [0.2, 0.25) is 10.0 Å². The fourth-order valence-corrected chi connectivity index (χ4v) is 4.59. The molecule has 38 heavy (non-hydrogen) atoms. The Kier molecular flexibility index (Phi) is 10.5. The van der Waals surface area contributed by atoms with Gasteiger partial charge >= 0.3 is 6.09 Å². The molecule has 0 bridgehead atoms. The number of carbonyl (C=O) groups excluding carboxylic acids is 1. The summed E-state index contributed by atoms with van der Waals surface area (Å²) in [5.41, 5.74) is 1.76. The lowest BCUT2D eigenvalue weighted by Gasteiger charge is -2.36. The highest BCUT2D eigenvalue weighted by Gasteiger charge is 2.19. The van der Waals surface area contributed by atoms with Crippen molar-refractivity contribution in [3.05, 3.63) is 58.6 Å². The molecule has 0 aliphatic carbocycles. The number of aromatic nitrogens is 1. The van der Waals surface area contributed by atoms with E-state index in [1.807, 2.05) is 42.5 Å². The van der Waals surface area contributed by atoms with Crippen molar-refractivity contribution >= 4 is 45.9 Å². The topological polar surface area (TPSA) is 88.2 Å². The lowest BCUT2D eigenvalue weighted by Crippen LogP contribution is -2.46. The third kappa shape index (κ3) is 8.01. The van der Waals surface area contributed by atoms with Crippen molar-refractivity contribution in [2.24, 2.45) is 0 Å². The molecule has 4 rings (SSSR count). The summed E-state index contributed by atoms with van der Waals surface area (Å²) in [5.74, 6) is 1.13. The van der Waals surface area contributed by atoms with Crippen LogP contribution in [0.3, 0.4) is 0 Å². The van der Waals surface area contributed by atoms with Crippen molar-refractivity contribution in [1.29, 1.82) is 0 Å². The molecule has 1 aliphatic rings. The molecule has 1 saturated heterocycles. The van der Waals surface area contributed by atoms with Crippen molar-refractivity contribution in [2.75, 3.05) is 64.7 Å². The zero-order valence-corrected chi connectivity index (χ0v) is 22.9. The summed E-state index contributed by atoms with van der Waals surface area (Å²) in [4.78, 5) is 20.7. The van der Waals surface area contributed by atoms with Crippen LogP contribution in [0.15, 0.2) is 48.5 Å². The number of pyridine rings is 1. The molecule has 0 atom stereocenters. The highest BCUT2D eigenvalue weighted by atomic mass is 35.5. The Bertz CT molecular complexity index is 1210. The molecule has 0 unspecified atom stereocenters. The summed E-state index contributed by atoms with van der Waals surface area (Å²) in [6.07, 6.45) is 1.45. The summed E-state index contributed by atoms with van der Waals surface area (Å²) < 4.78 is 16.4. The number of halogens is 2. The van der Waals surface area contributed by atoms with Gasteiger partial charge in [-0.15, -0.1) is 0 Å². The lowest BCUT2D eigenvalue weighted by atomic mass is 10.2. The van der Waals surface area contributed by atoms with Crippen molar-refractivity contribution in [1.82, 2.24) is 20.5 Å². The second kappa shape index (κ2) is 14.2. The predicted octanol–water partition coefficient (Wildman–Crippen LogP) is 4.76. The second-order valence-corrected chi connectivity index (χ2v) is 9.65. The average molecular weight is 562 g/mol. The first-order valence-corrected chi connectivity index (χ1v) is 13.4. The van der Waals surface area contributed by atoms with Crippen LogP contribution in [0.5, 0.6) is 11.6 Å². The summed E-state index contributed by atoms with van der Waals surface area (Å²) >= 11 is 12.6. The van der Waals surface area contributed by atoms with Gasteiger partial charge in [0.1, 0.15) is 5.75 Å². The van der Waals surface area contributed by atoms with Crippen LogP contribution in [0.1, 0.15) is 12.8 Å². The molecule has 1 aromatic heterocycles. The van der Waals surface area contributed by atoms with Gasteiger partial charge in [-0.2, -0.15) is 0 Å². The molecule has 2 N–H and O–H groups in total. The lowest BCUT2D eigenvalue weighted by molar-refractivity contribution is 0.0569. The number of carbonyl (C=O) groups is 1. The van der Waals surface area contributed by atoms with E-state index in [4.69, 9.17) is 37.4 Å². The molecule has 9 nitrogen and oxygen atoms in total. The summed E-state index contributed by atoms with van der Waals surface area (Å²) in [6, 6.07) is 15.2. The number of rotatable bonds is 12. The van der Waals surface area contributed by atoms with Crippen LogP contribution >= 0.6 is 23.2 Å². The van der Waals surface area contributed by atoms with Crippen LogP contribution in [0.4, 0.5) is 10.5 Å². The number of piperazine rings is 1. The number of fused-ring (bicyclic) bond motifs is 1. The SMILES string of the molecule is CNCNC(=O)OCOc1ccc2ccc(OCCCCN3CCN(c4cccc(Cl)c4Cl)CC3)cc2n1. The molecule has 1 amide bonds. The van der Waals surface area contributed by atoms with Gasteiger partial charge in [-0.3, -0.25) is 4.90 Å². The van der Waals surface area contributed by atoms with Crippen LogP contribution in [0, 0.1) is 0 Å². The highest BCUT2D eigenvalue weighted by molar-refractivity contribution is 6.43. The van der Waals surface area contributed by atoms with Gasteiger partial charge < -0.3 is 29.7 Å². The van der Waals surface area contributed by atoms with Gasteiger partial charge in [0.05, 0.1) is 34.5 Å². The van der Waals surface area contributed by atoms with E-state index >= 15 is 0 Å². The minimum absolute atomic E-state index is 0.229. The molecule has 1 aliphatic heterocycles. The minimum Gasteiger partial charge on any atom is -0.494 e. The molecule has 1 fully saturated rings. The molecular weight excluding hydrogens is 529 g/mol. The molecule has 2 aromatic carbocycles. The Hall–Kier alpha value is -2.98. The van der Waals surface area contributed by atoms with Crippen molar-refractivity contribution in [3.63, 3.8) is 0 Å². The number of alkyl carbamates (subject to hydrolysis) is 1. The summed E-state index contributed by atoms with van der Waals surface area (Å²) in [7, 11) is 1.72. The minimum atomic E-state index is -0.569. The van der Waals surface area contributed by atoms with Gasteiger partial charge in [-0.05, 0) is 56.8 Å². The van der Waals surface area contributed by atoms with Gasteiger partial charge in [0.15, 0.2) is 0 Å². The maximum absolute atomic E-state index is 11.5. The summed E-state index contributed by atoms with van der Waals surface area (Å²) in [6.45, 7) is 5.61. The fourth-order valence-electron chi connectivity index (χ4n) is 4.18. The number of nitrogens with one attached hydrogen (secondary N) is 2. The molecule has 3 aromatic rings. The first-order chi connectivity index (χ1) is 18.5. The van der Waals surface area contributed by atoms with Crippen LogP contribution in [-0.2, 0) is 4.74 Å². The van der Waals surface area contributed by atoms with Gasteiger partial charge in [0.2, 0.25) is 12.7 Å². The number of nitrogens with zero attached hydrogens (tertiary/aromatic N) is 3. The normalized spacial score (nSPS) is 13.9. The molecule has 0 saturated carbocycles. The van der Waals surface area contributed by atoms with Gasteiger partial charge in [0, 0.05) is 43.7 Å². The first-order valence-electron chi connectivity index (χ1n) is 12.7. The standard InChI is InChI=1S/C27H33Cl2N5O4/c1-30-18-31-27(35)38-19-37-25-10-8-20-7-9-21(17-23(20)32-25)36-16-3-2-11-33-12-14-34(15-13-33)24-6-4-5-22(28)26(24)29/h4-10,17,30H,2-3,11-16,18-19H2,1H3,(H,31,35). The Morgan fingerprint density at radius 3 is 2.66 bits per heavy atom. The molecule has 0 spiro atoms. The van der Waals surface area contributed by atoms with Crippen LogP contribution < -0.4 is 25.0 Å². The first kappa shape index (κ1) is 28.0. The van der Waals surface area contributed by atoms with E-state index in [1.54, 1.807) is 13.1 Å². The van der Waals surface area contributed by atoms with Crippen molar-refractivity contribution in [3.8, 4) is 11.6 Å². The van der Waals surface area contributed by atoms with Gasteiger partial charge in [-0.25, -0.2) is 9.78 Å². The van der Waals surface area contributed by atoms with E-state index in [9.17, 15) is 4.79 Å². The third-order valence-corrected chi connectivity index (χ3v) is 7.03. The Labute approximate surface area is 232 Å². The largest absolute Gasteiger partial charge is 0.494 e. The van der Waals surface area contributed by atoms with E-state index in [0.29, 0.717) is 29.2 Å². The summed E-state index contributed by atoms with van der Waals surface area (Å²) in [5, 5.41) is 7.50. The van der Waals surface area contributed by atoms with E-state index in [0.717, 1.165) is 67.9 Å². The van der Waals surface area contributed by atoms with Crippen molar-refractivity contribution in [2.45, 2.75) is 12.8 Å². The maximum atomic E-state index is 11.5. The third-order valence-electron chi connectivity index (χ3n) is 6.23. The highest BCUT2D eigenvalue weighted by Crippen LogP contribution is 2.33. The Balaban J connectivity index is 1.16. The molecule has 2 heterocycles. The zero-order valence-electron chi connectivity index (χ0n) is 21.4. The number of ether oxygens (including phenoxy) is 3. The van der Waals surface area contributed by atoms with Gasteiger partial charge in [0.25, 0.3) is 0 Å². The molecule has 11 heteroatoms. The number of hydrogen-bond acceptors (Lipinski definition) is 8. The molecule has 0 radical (unpaired) electrons. The van der Waals surface area contributed by atoms with E-state index in [2.05, 4.69) is 25.4 Å². The Morgan fingerprint density at radius 1 is 1.03 bits per heavy atom. The number of unbranched alkanes of at least 4 members (excludes halogenated alkanes) is 1. The monoisotopic (exact) mass is 561 g/mol. The van der Waals surface area contributed by atoms with E-state index in [-0.39, 0.29) is 6.79 Å². The van der Waals surface area contributed by atoms with E-state index < -0.39 is 6.09 Å². The maximum Gasteiger partial charge on any atom is 0.411 e. The van der Waals surface area contributed by atoms with Crippen LogP contribution in [0.25, 0.3) is 10.9 Å². The average Bonchev–Trinajstić information content (AvgIpc) is 2.93. The zero-order chi connectivity index (χ0) is 26.7. The Morgan fingerprint density at radius 2 is 1.84 bits per heavy atom. The fraction of sp³-hybridized carbons (Fsp3) is 0.407. The number of hydrogen-bond donors (Lipinski definition) is 2. The number of benzene rings is 2. The smallest absolute Gasteiger partial charge is 0.411 e. The second-order valence-electron chi connectivity index (χ2n) is 8.86. The molecule has 204 valence electrons.